The van der Waals surface area contributed by atoms with Crippen LogP contribution in [-0.2, 0) is 51.2 Å². The van der Waals surface area contributed by atoms with Crippen molar-refractivity contribution >= 4 is 53.3 Å². The number of nitrogens with zero attached hydrogens (tertiary/aromatic N) is 3. The summed E-state index contributed by atoms with van der Waals surface area (Å²) in [5, 5.41) is 32.0. The van der Waals surface area contributed by atoms with Crippen molar-refractivity contribution in [3.63, 3.8) is 0 Å². The van der Waals surface area contributed by atoms with Crippen LogP contribution in [0.2, 0.25) is 0 Å². The lowest BCUT2D eigenvalue weighted by Crippen LogP contribution is -2.60. The monoisotopic (exact) mass is 841 g/mol. The molecule has 16 N–H and O–H groups in total. The van der Waals surface area contributed by atoms with Crippen LogP contribution in [0.3, 0.4) is 0 Å². The van der Waals surface area contributed by atoms with Gasteiger partial charge in [0, 0.05) is 37.8 Å². The molecule has 2 aromatic rings. The van der Waals surface area contributed by atoms with E-state index in [9.17, 15) is 48.6 Å². The molecule has 2 heterocycles. The minimum atomic E-state index is -1.68. The number of hydrogen-bond acceptors (Lipinski definition) is 12. The molecule has 1 aromatic carbocycles. The summed E-state index contributed by atoms with van der Waals surface area (Å²) in [6.45, 7) is 3.10. The van der Waals surface area contributed by atoms with Crippen molar-refractivity contribution in [2.24, 2.45) is 33.8 Å². The summed E-state index contributed by atoms with van der Waals surface area (Å²) >= 11 is 0. The number of aromatic hydroxyl groups is 1. The van der Waals surface area contributed by atoms with Gasteiger partial charge in [0.25, 0.3) is 0 Å². The molecule has 0 bridgehead atoms. The molecule has 1 aliphatic rings. The highest BCUT2D eigenvalue weighted by molar-refractivity contribution is 5.97. The van der Waals surface area contributed by atoms with Crippen LogP contribution in [0, 0.1) is 5.92 Å². The van der Waals surface area contributed by atoms with E-state index in [4.69, 9.17) is 22.9 Å². The summed E-state index contributed by atoms with van der Waals surface area (Å²) in [4.78, 5) is 117. The third-order valence-electron chi connectivity index (χ3n) is 9.49. The van der Waals surface area contributed by atoms with Crippen molar-refractivity contribution in [3.8, 4) is 5.75 Å². The fourth-order valence-corrected chi connectivity index (χ4v) is 6.41. The van der Waals surface area contributed by atoms with E-state index in [0.29, 0.717) is 17.7 Å². The largest absolute Gasteiger partial charge is 0.508 e. The highest BCUT2D eigenvalue weighted by atomic mass is 16.4. The number of aromatic nitrogens is 2. The number of aliphatic imine (C=N–C) groups is 1. The molecule has 1 fully saturated rings. The minimum absolute atomic E-state index is 0.00649. The number of phenols is 1. The Morgan fingerprint density at radius 3 is 2.08 bits per heavy atom. The SMILES string of the molecule is CC(C)[C@H](NC(=O)[C@@H]1CCCN1C(=O)[C@H](CCCN=C(N)N)NC(=O)[C@H](Cc1ccc(O)cc1)NC(=O)CN)C(=O)N[C@@H](Cc1cnc[nH]1)C(=O)N[C@@H](CC(N)=O)C(=O)O. The molecular formula is C37H55N13O10. The number of amides is 7. The second kappa shape index (κ2) is 23.0. The van der Waals surface area contributed by atoms with Gasteiger partial charge in [-0.05, 0) is 49.3 Å². The first kappa shape index (κ1) is 47.6. The van der Waals surface area contributed by atoms with Gasteiger partial charge in [0.1, 0.15) is 42.0 Å². The van der Waals surface area contributed by atoms with Crippen LogP contribution in [0.5, 0.6) is 5.75 Å². The van der Waals surface area contributed by atoms with Gasteiger partial charge in [-0.25, -0.2) is 9.78 Å². The number of aliphatic carboxylic acids is 1. The van der Waals surface area contributed by atoms with E-state index in [0.717, 1.165) is 0 Å². The summed E-state index contributed by atoms with van der Waals surface area (Å²) < 4.78 is 0. The molecule has 7 amide bonds. The first-order valence-electron chi connectivity index (χ1n) is 19.2. The molecule has 1 saturated heterocycles. The van der Waals surface area contributed by atoms with Gasteiger partial charge < -0.3 is 69.6 Å². The first-order valence-corrected chi connectivity index (χ1v) is 19.2. The molecule has 60 heavy (non-hydrogen) atoms. The number of H-pyrrole nitrogens is 1. The first-order chi connectivity index (χ1) is 28.4. The Hall–Kier alpha value is -6.78. The number of guanidine groups is 1. The fraction of sp³-hybridized carbons (Fsp3) is 0.514. The van der Waals surface area contributed by atoms with Crippen molar-refractivity contribution in [1.29, 1.82) is 0 Å². The quantitative estimate of drug-likeness (QED) is 0.0288. The molecule has 328 valence electrons. The van der Waals surface area contributed by atoms with Crippen LogP contribution in [0.15, 0.2) is 41.8 Å². The Morgan fingerprint density at radius 2 is 1.52 bits per heavy atom. The second-order valence-electron chi connectivity index (χ2n) is 14.5. The maximum Gasteiger partial charge on any atom is 0.326 e. The fourth-order valence-electron chi connectivity index (χ4n) is 6.41. The molecular weight excluding hydrogens is 786 g/mol. The smallest absolute Gasteiger partial charge is 0.326 e. The number of likely N-dealkylation sites (tertiary alicyclic amines) is 1. The van der Waals surface area contributed by atoms with Gasteiger partial charge in [0.15, 0.2) is 5.96 Å². The molecule has 0 radical (unpaired) electrons. The molecule has 0 spiro atoms. The molecule has 23 nitrogen and oxygen atoms in total. The van der Waals surface area contributed by atoms with E-state index >= 15 is 0 Å². The Balaban J connectivity index is 1.83. The standard InChI is InChI=1S/C37H55N13O10/c1-19(2)30(34(57)47-25(14-21-17-42-18-44-21)32(55)48-26(36(59)60)15-28(39)52)49-33(56)27-6-4-12-50(27)35(58)23(5-3-11-43-37(40)41)46-31(54)24(45-29(53)16-38)13-20-7-9-22(51)10-8-20/h7-10,17-19,23-27,30,51H,3-6,11-16,38H2,1-2H3,(H2,39,52)(H,42,44)(H,45,53)(H,46,54)(H,47,57)(H,48,55)(H,49,56)(H,59,60)(H4,40,41,43)/t23-,24-,25-,26-,27-,30-/m0/s1. The van der Waals surface area contributed by atoms with Crippen LogP contribution < -0.4 is 49.5 Å². The zero-order valence-corrected chi connectivity index (χ0v) is 33.4. The minimum Gasteiger partial charge on any atom is -0.508 e. The van der Waals surface area contributed by atoms with Gasteiger partial charge in [-0.3, -0.25) is 38.6 Å². The Labute approximate surface area is 345 Å². The zero-order chi connectivity index (χ0) is 44.5. The van der Waals surface area contributed by atoms with E-state index in [1.165, 1.54) is 29.6 Å². The van der Waals surface area contributed by atoms with Crippen LogP contribution in [0.4, 0.5) is 0 Å². The summed E-state index contributed by atoms with van der Waals surface area (Å²) in [6, 6.07) is -1.85. The average molecular weight is 842 g/mol. The van der Waals surface area contributed by atoms with Gasteiger partial charge in [-0.1, -0.05) is 26.0 Å². The third-order valence-corrected chi connectivity index (χ3v) is 9.49. The van der Waals surface area contributed by atoms with Crippen LogP contribution in [-0.4, -0.2) is 134 Å². The summed E-state index contributed by atoms with van der Waals surface area (Å²) in [5.41, 5.74) is 22.6. The van der Waals surface area contributed by atoms with Crippen molar-refractivity contribution in [1.82, 2.24) is 41.5 Å². The predicted octanol–water partition coefficient (Wildman–Crippen LogP) is -4.06. The highest BCUT2D eigenvalue weighted by Gasteiger charge is 2.40. The number of rotatable bonds is 23. The van der Waals surface area contributed by atoms with Crippen molar-refractivity contribution in [2.75, 3.05) is 19.6 Å². The Bertz CT molecular complexity index is 1850. The number of carboxylic acids is 1. The number of primary amides is 1. The molecule has 0 unspecified atom stereocenters. The van der Waals surface area contributed by atoms with E-state index in [1.807, 2.05) is 0 Å². The average Bonchev–Trinajstić information content (AvgIpc) is 3.90. The number of aromatic amines is 1. The van der Waals surface area contributed by atoms with E-state index in [-0.39, 0.29) is 56.9 Å². The van der Waals surface area contributed by atoms with E-state index < -0.39 is 102 Å². The molecule has 1 aromatic heterocycles. The second-order valence-corrected chi connectivity index (χ2v) is 14.5. The maximum absolute atomic E-state index is 14.3. The van der Waals surface area contributed by atoms with Crippen LogP contribution in [0.1, 0.15) is 57.2 Å². The Morgan fingerprint density at radius 1 is 0.883 bits per heavy atom. The topological polar surface area (TPSA) is 386 Å². The number of benzene rings is 1. The number of carbonyl (C=O) groups excluding carboxylic acids is 7. The number of carboxylic acid groups (broad SMARTS) is 1. The molecule has 6 atom stereocenters. The number of imidazole rings is 1. The predicted molar refractivity (Wildman–Crippen MR) is 214 cm³/mol. The molecule has 1 aliphatic heterocycles. The normalized spacial score (nSPS) is 16.0. The van der Waals surface area contributed by atoms with Gasteiger partial charge >= 0.3 is 5.97 Å². The van der Waals surface area contributed by atoms with E-state index in [2.05, 4.69) is 41.5 Å². The summed E-state index contributed by atoms with van der Waals surface area (Å²) in [6.07, 6.45) is 2.69. The van der Waals surface area contributed by atoms with Crippen molar-refractivity contribution in [2.45, 2.75) is 95.0 Å². The summed E-state index contributed by atoms with van der Waals surface area (Å²) in [5.74, 6) is -7.68. The maximum atomic E-state index is 14.3. The number of nitrogens with two attached hydrogens (primary N) is 4. The molecule has 0 aliphatic carbocycles. The van der Waals surface area contributed by atoms with Crippen LogP contribution in [0.25, 0.3) is 0 Å². The van der Waals surface area contributed by atoms with Crippen molar-refractivity contribution < 1.29 is 48.6 Å². The molecule has 3 rings (SSSR count). The van der Waals surface area contributed by atoms with Gasteiger partial charge in [-0.2, -0.15) is 0 Å². The number of carbonyl (C=O) groups is 8. The van der Waals surface area contributed by atoms with Gasteiger partial charge in [0.2, 0.25) is 41.4 Å². The summed E-state index contributed by atoms with van der Waals surface area (Å²) in [7, 11) is 0. The zero-order valence-electron chi connectivity index (χ0n) is 33.4. The van der Waals surface area contributed by atoms with Crippen LogP contribution >= 0.6 is 0 Å². The van der Waals surface area contributed by atoms with Gasteiger partial charge in [0.05, 0.1) is 19.3 Å². The highest BCUT2D eigenvalue weighted by Crippen LogP contribution is 2.21. The number of nitrogens with one attached hydrogen (secondary N) is 6. The Kier molecular flexibility index (Phi) is 18.2. The molecule has 23 heteroatoms. The van der Waals surface area contributed by atoms with Gasteiger partial charge in [-0.15, -0.1) is 0 Å². The lowest BCUT2D eigenvalue weighted by atomic mass is 10.0. The van der Waals surface area contributed by atoms with Crippen molar-refractivity contribution in [3.05, 3.63) is 48.0 Å². The van der Waals surface area contributed by atoms with E-state index in [1.54, 1.807) is 26.0 Å². The number of hydrogen-bond donors (Lipinski definition) is 12. The lowest BCUT2D eigenvalue weighted by Gasteiger charge is -2.31. The molecule has 0 saturated carbocycles. The third kappa shape index (κ3) is 14.9. The number of phenolic OH excluding ortho intramolecular Hbond substituents is 1. The lowest BCUT2D eigenvalue weighted by molar-refractivity contribution is -0.144.